The Morgan fingerprint density at radius 1 is 1.23 bits per heavy atom. The minimum absolute atomic E-state index is 0.0435. The zero-order chi connectivity index (χ0) is 19.7. The Morgan fingerprint density at radius 2 is 1.88 bits per heavy atom. The van der Waals surface area contributed by atoms with E-state index < -0.39 is 20.1 Å². The van der Waals surface area contributed by atoms with Crippen LogP contribution in [0.2, 0.25) is 25.7 Å². The van der Waals surface area contributed by atoms with Crippen LogP contribution >= 0.6 is 0 Å². The Hall–Kier alpha value is -1.94. The summed E-state index contributed by atoms with van der Waals surface area (Å²) < 4.78 is 46.7. The standard InChI is InChI=1S/C16H23F3N4O2Si/c1-11-8-13(9-23(24)12(11)2)14-20-21-15(16(17,18)19)22(14)10-25-6-7-26(3,4)5/h8-9H,6-7,10H2,1-5H3. The molecule has 26 heavy (non-hydrogen) atoms. The van der Waals surface area contributed by atoms with Crippen molar-refractivity contribution in [3.8, 4) is 11.4 Å². The molecule has 2 aromatic heterocycles. The molecule has 2 heterocycles. The molecule has 2 aromatic rings. The summed E-state index contributed by atoms with van der Waals surface area (Å²) in [4.78, 5) is 0. The highest BCUT2D eigenvalue weighted by molar-refractivity contribution is 6.76. The molecule has 0 N–H and O–H groups in total. The second-order valence-corrected chi connectivity index (χ2v) is 13.1. The van der Waals surface area contributed by atoms with E-state index in [9.17, 15) is 18.4 Å². The van der Waals surface area contributed by atoms with E-state index >= 15 is 0 Å². The molecule has 0 aromatic carbocycles. The highest BCUT2D eigenvalue weighted by atomic mass is 28.3. The molecule has 144 valence electrons. The Morgan fingerprint density at radius 3 is 2.42 bits per heavy atom. The Kier molecular flexibility index (Phi) is 5.76. The van der Waals surface area contributed by atoms with Crippen LogP contribution < -0.4 is 4.73 Å². The van der Waals surface area contributed by atoms with Gasteiger partial charge in [-0.25, -0.2) is 0 Å². The van der Waals surface area contributed by atoms with Crippen LogP contribution in [0.1, 0.15) is 17.1 Å². The zero-order valence-corrected chi connectivity index (χ0v) is 16.5. The smallest absolute Gasteiger partial charge is 0.451 e. The maximum Gasteiger partial charge on any atom is 0.451 e. The number of rotatable bonds is 6. The van der Waals surface area contributed by atoms with Crippen molar-refractivity contribution in [3.05, 3.63) is 34.6 Å². The van der Waals surface area contributed by atoms with Crippen molar-refractivity contribution in [2.75, 3.05) is 6.61 Å². The predicted molar refractivity (Wildman–Crippen MR) is 93.0 cm³/mol. The van der Waals surface area contributed by atoms with Gasteiger partial charge in [0.25, 0.3) is 0 Å². The highest BCUT2D eigenvalue weighted by Gasteiger charge is 2.39. The van der Waals surface area contributed by atoms with Crippen molar-refractivity contribution >= 4 is 8.07 Å². The lowest BCUT2D eigenvalue weighted by molar-refractivity contribution is -0.612. The van der Waals surface area contributed by atoms with E-state index in [0.29, 0.717) is 22.6 Å². The fraction of sp³-hybridized carbons (Fsp3) is 0.562. The van der Waals surface area contributed by atoms with Crippen LogP contribution in [0, 0.1) is 19.1 Å². The van der Waals surface area contributed by atoms with E-state index in [1.165, 1.54) is 6.20 Å². The number of hydrogen-bond donors (Lipinski definition) is 0. The average molecular weight is 388 g/mol. The average Bonchev–Trinajstić information content (AvgIpc) is 2.91. The number of pyridine rings is 1. The molecule has 0 aliphatic rings. The van der Waals surface area contributed by atoms with Crippen LogP contribution in [0.4, 0.5) is 13.2 Å². The maximum absolute atomic E-state index is 13.3. The first-order chi connectivity index (χ1) is 11.9. The van der Waals surface area contributed by atoms with Gasteiger partial charge >= 0.3 is 6.18 Å². The summed E-state index contributed by atoms with van der Waals surface area (Å²) >= 11 is 0. The first-order valence-corrected chi connectivity index (χ1v) is 11.9. The number of nitrogens with zero attached hydrogens (tertiary/aromatic N) is 4. The number of ether oxygens (including phenoxy) is 1. The van der Waals surface area contributed by atoms with Crippen LogP contribution in [0.5, 0.6) is 0 Å². The van der Waals surface area contributed by atoms with Gasteiger partial charge in [-0.3, -0.25) is 4.57 Å². The van der Waals surface area contributed by atoms with Gasteiger partial charge in [0.05, 0.1) is 5.56 Å². The largest absolute Gasteiger partial charge is 0.618 e. The van der Waals surface area contributed by atoms with E-state index in [2.05, 4.69) is 29.8 Å². The van der Waals surface area contributed by atoms with E-state index in [-0.39, 0.29) is 18.1 Å². The summed E-state index contributed by atoms with van der Waals surface area (Å²) in [5.74, 6) is -1.19. The fourth-order valence-corrected chi connectivity index (χ4v) is 3.03. The molecule has 0 unspecified atom stereocenters. The van der Waals surface area contributed by atoms with E-state index in [0.717, 1.165) is 10.6 Å². The van der Waals surface area contributed by atoms with Crippen molar-refractivity contribution < 1.29 is 22.6 Å². The topological polar surface area (TPSA) is 66.9 Å². The molecule has 0 atom stereocenters. The molecular formula is C16H23F3N4O2Si. The van der Waals surface area contributed by atoms with Gasteiger partial charge in [0.2, 0.25) is 5.82 Å². The van der Waals surface area contributed by atoms with Gasteiger partial charge in [0, 0.05) is 27.2 Å². The third-order valence-electron chi connectivity index (χ3n) is 4.01. The molecule has 0 fully saturated rings. The molecule has 2 rings (SSSR count). The molecule has 0 bridgehead atoms. The van der Waals surface area contributed by atoms with Gasteiger partial charge in [-0.05, 0) is 19.0 Å². The molecule has 0 saturated heterocycles. The van der Waals surface area contributed by atoms with Gasteiger partial charge in [0.1, 0.15) is 6.73 Å². The molecule has 0 spiro atoms. The Bertz CT molecular complexity index is 762. The van der Waals surface area contributed by atoms with Crippen molar-refractivity contribution in [3.63, 3.8) is 0 Å². The van der Waals surface area contributed by atoms with Crippen LogP contribution in [0.3, 0.4) is 0 Å². The molecule has 0 aliphatic carbocycles. The van der Waals surface area contributed by atoms with Gasteiger partial charge in [-0.15, -0.1) is 10.2 Å². The minimum Gasteiger partial charge on any atom is -0.618 e. The van der Waals surface area contributed by atoms with E-state index in [1.54, 1.807) is 19.9 Å². The first kappa shape index (κ1) is 20.4. The van der Waals surface area contributed by atoms with Crippen LogP contribution in [-0.2, 0) is 17.6 Å². The second kappa shape index (κ2) is 7.35. The fourth-order valence-electron chi connectivity index (χ4n) is 2.28. The van der Waals surface area contributed by atoms with E-state index in [4.69, 9.17) is 4.74 Å². The summed E-state index contributed by atoms with van der Waals surface area (Å²) in [7, 11) is -1.36. The van der Waals surface area contributed by atoms with E-state index in [1.807, 2.05) is 0 Å². The van der Waals surface area contributed by atoms with Crippen molar-refractivity contribution in [1.29, 1.82) is 0 Å². The van der Waals surface area contributed by atoms with Gasteiger partial charge in [-0.2, -0.15) is 17.9 Å². The zero-order valence-electron chi connectivity index (χ0n) is 15.5. The summed E-state index contributed by atoms with van der Waals surface area (Å²) in [6, 6.07) is 2.45. The molecule has 0 radical (unpaired) electrons. The number of hydrogen-bond acceptors (Lipinski definition) is 4. The van der Waals surface area contributed by atoms with Crippen molar-refractivity contribution in [2.24, 2.45) is 0 Å². The number of alkyl halides is 3. The maximum atomic E-state index is 13.3. The van der Waals surface area contributed by atoms with Gasteiger partial charge in [0.15, 0.2) is 17.7 Å². The molecule has 0 amide bonds. The van der Waals surface area contributed by atoms with Crippen molar-refractivity contribution in [2.45, 2.75) is 52.4 Å². The molecular weight excluding hydrogens is 365 g/mol. The van der Waals surface area contributed by atoms with Crippen molar-refractivity contribution in [1.82, 2.24) is 14.8 Å². The van der Waals surface area contributed by atoms with Gasteiger partial charge in [-0.1, -0.05) is 19.6 Å². The molecule has 6 nitrogen and oxygen atoms in total. The number of aromatic nitrogens is 4. The van der Waals surface area contributed by atoms with Crippen LogP contribution in [0.25, 0.3) is 11.4 Å². The third kappa shape index (κ3) is 4.82. The number of aryl methyl sites for hydroxylation is 1. The summed E-state index contributed by atoms with van der Waals surface area (Å²) in [5.41, 5.74) is 1.39. The predicted octanol–water partition coefficient (Wildman–Crippen LogP) is 3.53. The minimum atomic E-state index is -4.67. The number of halogens is 3. The van der Waals surface area contributed by atoms with Crippen LogP contribution in [-0.4, -0.2) is 29.4 Å². The SMILES string of the molecule is Cc1cc(-c2nnc(C(F)(F)F)n2COCC[Si](C)(C)C)c[n+]([O-])c1C. The highest BCUT2D eigenvalue weighted by Crippen LogP contribution is 2.31. The molecule has 0 aliphatic heterocycles. The Balaban J connectivity index is 2.36. The molecule has 10 heteroatoms. The quantitative estimate of drug-likeness (QED) is 0.329. The lowest BCUT2D eigenvalue weighted by atomic mass is 10.1. The first-order valence-electron chi connectivity index (χ1n) is 8.19. The summed E-state index contributed by atoms with van der Waals surface area (Å²) in [6.45, 7) is 9.85. The van der Waals surface area contributed by atoms with Gasteiger partial charge < -0.3 is 9.94 Å². The summed E-state index contributed by atoms with van der Waals surface area (Å²) in [6.07, 6.45) is -3.47. The van der Waals surface area contributed by atoms with Crippen LogP contribution in [0.15, 0.2) is 12.3 Å². The monoisotopic (exact) mass is 388 g/mol. The molecule has 0 saturated carbocycles. The second-order valence-electron chi connectivity index (χ2n) is 7.44. The third-order valence-corrected chi connectivity index (χ3v) is 5.71. The summed E-state index contributed by atoms with van der Waals surface area (Å²) in [5, 5.41) is 18.9. The lowest BCUT2D eigenvalue weighted by Gasteiger charge is -2.17. The normalized spacial score (nSPS) is 12.6. The Labute approximate surface area is 151 Å². The lowest BCUT2D eigenvalue weighted by Crippen LogP contribution is -2.31.